The van der Waals surface area contributed by atoms with Crippen molar-refractivity contribution in [1.82, 2.24) is 0 Å². The largest absolute Gasteiger partial charge is 2.00 e. The van der Waals surface area contributed by atoms with Crippen LogP contribution in [-0.2, 0) is 60.3 Å². The van der Waals surface area contributed by atoms with Crippen LogP contribution in [0.5, 0.6) is 0 Å². The van der Waals surface area contributed by atoms with Crippen molar-refractivity contribution in [3.05, 3.63) is 0 Å². The third-order valence-corrected chi connectivity index (χ3v) is 0. The average molecular weight is 789 g/mol. The minimum atomic E-state index is 0. The van der Waals surface area contributed by atoms with Gasteiger partial charge >= 0.3 is 60.3 Å². The quantitative estimate of drug-likeness (QED) is 0.229. The summed E-state index contributed by atoms with van der Waals surface area (Å²) >= 11 is 0. The van der Waals surface area contributed by atoms with E-state index in [0.717, 1.165) is 0 Å². The summed E-state index contributed by atoms with van der Waals surface area (Å²) in [6.45, 7) is 0. The summed E-state index contributed by atoms with van der Waals surface area (Å²) in [7, 11) is 0. The normalized spacial score (nSPS) is 0. The molecule has 69 valence electrons. The van der Waals surface area contributed by atoms with E-state index in [1.165, 1.54) is 0 Å². The van der Waals surface area contributed by atoms with Gasteiger partial charge in [-0.1, -0.05) is 0 Å². The third kappa shape index (κ3) is 80.7. The zero-order valence-electron chi connectivity index (χ0n) is 3.27. The van der Waals surface area contributed by atoms with Gasteiger partial charge in [0.1, 0.15) is 0 Å². The van der Waals surface area contributed by atoms with Crippen molar-refractivity contribution in [3.8, 4) is 0 Å². The Morgan fingerprint density at radius 2 is 0.222 bits per heavy atom. The Morgan fingerprint density at radius 3 is 0.222 bits per heavy atom. The van der Waals surface area contributed by atoms with E-state index in [9.17, 15) is 0 Å². The smallest absolute Gasteiger partial charge is 1.00 e. The first-order valence-corrected chi connectivity index (χ1v) is 0. The Hall–Kier alpha value is 3.69. The Kier molecular flexibility index (Phi) is 1390. The molecule has 0 nitrogen and oxygen atoms in total. The van der Waals surface area contributed by atoms with Crippen molar-refractivity contribution >= 4 is 0 Å². The first kappa shape index (κ1) is 127. The first-order chi connectivity index (χ1) is 0. The van der Waals surface area contributed by atoms with Crippen LogP contribution in [-0.4, -0.2) is 0 Å². The number of halogens is 6. The zero-order valence-corrected chi connectivity index (χ0v) is 15.0. The topological polar surface area (TPSA) is 0 Å². The summed E-state index contributed by atoms with van der Waals surface area (Å²) in [5.41, 5.74) is 0. The van der Waals surface area contributed by atoms with Crippen molar-refractivity contribution in [3.63, 3.8) is 0 Å². The van der Waals surface area contributed by atoms with Crippen LogP contribution in [0, 0.1) is 0 Å². The van der Waals surface area contributed by atoms with E-state index in [2.05, 4.69) is 0 Å². The molecule has 0 aromatic heterocycles. The van der Waals surface area contributed by atoms with E-state index in [1.807, 2.05) is 0 Å². The molecule has 0 atom stereocenters. The molecule has 0 saturated carbocycles. The maximum atomic E-state index is 0. The predicted octanol–water partition coefficient (Wildman–Crippen LogP) is -18.0. The van der Waals surface area contributed by atoms with Gasteiger partial charge in [0.05, 0.1) is 0 Å². The van der Waals surface area contributed by atoms with Gasteiger partial charge in [-0.15, -0.1) is 0 Å². The van der Waals surface area contributed by atoms with E-state index in [0.29, 0.717) is 0 Å². The Morgan fingerprint density at radius 1 is 0.222 bits per heavy atom. The number of hydrogen-bond donors (Lipinski definition) is 0. The minimum absolute atomic E-state index is 0. The van der Waals surface area contributed by atoms with Gasteiger partial charge < -0.3 is 74.4 Å². The Bertz CT molecular complexity index is 8.26. The van der Waals surface area contributed by atoms with Gasteiger partial charge in [-0.25, -0.2) is 0 Å². The summed E-state index contributed by atoms with van der Waals surface area (Å²) in [5.74, 6) is 0. The van der Waals surface area contributed by atoms with Crippen LogP contribution in [0.15, 0.2) is 0 Å². The number of rotatable bonds is 0. The summed E-state index contributed by atoms with van der Waals surface area (Å²) in [6.07, 6.45) is 0. The second kappa shape index (κ2) is 98.2. The predicted molar refractivity (Wildman–Crippen MR) is 0 cm³/mol. The van der Waals surface area contributed by atoms with Gasteiger partial charge in [0.2, 0.25) is 0 Å². The van der Waals surface area contributed by atoms with Crippen molar-refractivity contribution in [2.45, 2.75) is 0 Å². The van der Waals surface area contributed by atoms with Crippen LogP contribution in [0.4, 0.5) is 0 Å². The second-order valence-electron chi connectivity index (χ2n) is 0. The van der Waals surface area contributed by atoms with Crippen molar-refractivity contribution in [2.75, 3.05) is 0 Å². The molecule has 0 spiro atoms. The summed E-state index contributed by atoms with van der Waals surface area (Å²) < 4.78 is 0. The van der Waals surface area contributed by atoms with Crippen LogP contribution in [0.2, 0.25) is 0 Å². The zero-order chi connectivity index (χ0) is 0. The molecule has 0 aliphatic rings. The molecule has 0 aliphatic heterocycles. The minimum Gasteiger partial charge on any atom is -1.00 e. The van der Waals surface area contributed by atoms with Gasteiger partial charge in [0, 0.05) is 0 Å². The molecule has 0 aromatic carbocycles. The molecular formula is Cl6Ir3. The molecule has 0 heterocycles. The van der Waals surface area contributed by atoms with Gasteiger partial charge in [0.25, 0.3) is 0 Å². The van der Waals surface area contributed by atoms with Gasteiger partial charge in [0.15, 0.2) is 0 Å². The molecule has 3 radical (unpaired) electrons. The maximum Gasteiger partial charge on any atom is 2.00 e. The molecule has 0 aliphatic carbocycles. The monoisotopic (exact) mass is 789 g/mol. The molecule has 9 heavy (non-hydrogen) atoms. The average Bonchev–Trinajstić information content (AvgIpc) is 0. The molecule has 0 rings (SSSR count). The molecule has 0 fully saturated rings. The summed E-state index contributed by atoms with van der Waals surface area (Å²) in [4.78, 5) is 0. The Balaban J connectivity index is 0. The molecule has 0 unspecified atom stereocenters. The maximum absolute atomic E-state index is 0. The van der Waals surface area contributed by atoms with E-state index in [-0.39, 0.29) is 135 Å². The molecule has 0 aromatic rings. The van der Waals surface area contributed by atoms with Crippen LogP contribution in [0.3, 0.4) is 0 Å². The van der Waals surface area contributed by atoms with Crippen LogP contribution in [0.1, 0.15) is 0 Å². The van der Waals surface area contributed by atoms with Crippen LogP contribution >= 0.6 is 0 Å². The van der Waals surface area contributed by atoms with Crippen LogP contribution < -0.4 is 74.4 Å². The first-order valence-electron chi connectivity index (χ1n) is 0. The molecule has 0 saturated heterocycles. The SMILES string of the molecule is [Cl-].[Cl-].[Cl-].[Cl-].[Cl-].[Cl-].[Ir+2].[Ir+2].[Ir+2]. The second-order valence-corrected chi connectivity index (χ2v) is 0. The van der Waals surface area contributed by atoms with Gasteiger partial charge in [-0.2, -0.15) is 0 Å². The van der Waals surface area contributed by atoms with E-state index in [1.54, 1.807) is 0 Å². The van der Waals surface area contributed by atoms with Gasteiger partial charge in [-0.3, -0.25) is 0 Å². The molecule has 9 heteroatoms. The fraction of sp³-hybridized carbons (Fsp3) is 0. The van der Waals surface area contributed by atoms with Crippen molar-refractivity contribution < 1.29 is 135 Å². The van der Waals surface area contributed by atoms with Crippen molar-refractivity contribution in [1.29, 1.82) is 0 Å². The third-order valence-electron chi connectivity index (χ3n) is 0. The number of hydrogen-bond acceptors (Lipinski definition) is 0. The summed E-state index contributed by atoms with van der Waals surface area (Å²) in [5, 5.41) is 0. The standard InChI is InChI=1S/6ClH.3Ir/h6*1H;;;/q;;;;;;3*+2/p-6. The molecule has 0 amide bonds. The van der Waals surface area contributed by atoms with E-state index in [4.69, 9.17) is 0 Å². The fourth-order valence-electron chi connectivity index (χ4n) is 0. The van der Waals surface area contributed by atoms with Crippen molar-refractivity contribution in [2.24, 2.45) is 0 Å². The van der Waals surface area contributed by atoms with E-state index >= 15 is 0 Å². The molecular weight excluding hydrogens is 789 g/mol. The molecule has 0 bridgehead atoms. The van der Waals surface area contributed by atoms with Crippen LogP contribution in [0.25, 0.3) is 0 Å². The Labute approximate surface area is 133 Å². The van der Waals surface area contributed by atoms with Gasteiger partial charge in [-0.05, 0) is 0 Å². The summed E-state index contributed by atoms with van der Waals surface area (Å²) in [6, 6.07) is 0. The fourth-order valence-corrected chi connectivity index (χ4v) is 0. The molecule has 0 N–H and O–H groups in total. The van der Waals surface area contributed by atoms with E-state index < -0.39 is 0 Å².